The van der Waals surface area contributed by atoms with Crippen LogP contribution in [0.4, 0.5) is 0 Å². The number of nitrogens with two attached hydrogens (primary N) is 1. The average Bonchev–Trinajstić information content (AvgIpc) is 3.68. The van der Waals surface area contributed by atoms with Gasteiger partial charge in [-0.2, -0.15) is 0 Å². The minimum Gasteiger partial charge on any atom is -0.458 e. The number of hydrogen-bond donors (Lipinski definition) is 5. The van der Waals surface area contributed by atoms with Crippen LogP contribution in [0.3, 0.4) is 0 Å². The van der Waals surface area contributed by atoms with Gasteiger partial charge in [-0.3, -0.25) is 33.6 Å². The van der Waals surface area contributed by atoms with E-state index in [1.807, 2.05) is 56.4 Å². The van der Waals surface area contributed by atoms with Crippen LogP contribution in [0, 0.1) is 5.92 Å². The smallest absolute Gasteiger partial charge is 0.329 e. The quantitative estimate of drug-likeness (QED) is 0.0983. The molecular weight excluding hydrogens is 771 g/mol. The summed E-state index contributed by atoms with van der Waals surface area (Å²) >= 11 is 0. The Balaban J connectivity index is 2.43. The summed E-state index contributed by atoms with van der Waals surface area (Å²) in [5.41, 5.74) is 5.34. The molecule has 60 heavy (non-hydrogen) atoms. The number of nitrogens with one attached hydrogen (secondary N) is 4. The number of carbonyl (C=O) groups excluding carboxylic acids is 8. The van der Waals surface area contributed by atoms with E-state index in [0.717, 1.165) is 11.3 Å². The van der Waals surface area contributed by atoms with Gasteiger partial charge >= 0.3 is 5.97 Å². The van der Waals surface area contributed by atoms with Gasteiger partial charge in [0.25, 0.3) is 0 Å². The fourth-order valence-electron chi connectivity index (χ4n) is 6.35. The van der Waals surface area contributed by atoms with Crippen molar-refractivity contribution in [3.8, 4) is 0 Å². The molecule has 0 unspecified atom stereocenters. The Labute approximate surface area is 353 Å². The second-order valence-corrected chi connectivity index (χ2v) is 15.1. The standard InChI is InChI=1S/C44H63N7O9/c1-8-9-10-11-12-13-14-15-16-17-18-19-20-21-24-37(53)50(7)38-32(6)60-44(59)33(25-26-36(45)52)48-39(54)30(4)46-41(56)35-23-22-27-51(35)43(58)34(28-29(2)3)49-40(55)31(5)47-42(38)57/h9-21,24,29-35,38H,8,22-23,25-28H2,1-7H3,(H2,45,52)(H,46,56)(H,47,57)(H,48,54)(H,49,55)/b10-9+,12-11+,14-13+,16-15+,18-17+,20-19+,24-21+/t30-,31+,32+,33-,34-,35+,38-/m0/s1. The predicted molar refractivity (Wildman–Crippen MR) is 228 cm³/mol. The topological polar surface area (TPSA) is 226 Å². The summed E-state index contributed by atoms with van der Waals surface area (Å²) in [6, 6.07) is -7.35. The number of allylic oxidation sites excluding steroid dienone is 13. The van der Waals surface area contributed by atoms with Crippen molar-refractivity contribution in [3.63, 3.8) is 0 Å². The maximum Gasteiger partial charge on any atom is 0.329 e. The fraction of sp³-hybridized carbons (Fsp3) is 0.500. The van der Waals surface area contributed by atoms with Crippen LogP contribution < -0.4 is 27.0 Å². The Hall–Kier alpha value is -6.06. The van der Waals surface area contributed by atoms with Crippen molar-refractivity contribution >= 4 is 47.3 Å². The second kappa shape index (κ2) is 26.1. The minimum atomic E-state index is -1.51. The molecule has 0 aliphatic carbocycles. The van der Waals surface area contributed by atoms with Crippen molar-refractivity contribution in [2.24, 2.45) is 11.7 Å². The molecular formula is C44H63N7O9. The number of carbonyl (C=O) groups is 8. The van der Waals surface area contributed by atoms with Gasteiger partial charge < -0.3 is 41.5 Å². The van der Waals surface area contributed by atoms with Gasteiger partial charge in [0.2, 0.25) is 41.4 Å². The first-order valence-corrected chi connectivity index (χ1v) is 20.4. The molecule has 2 fully saturated rings. The van der Waals surface area contributed by atoms with Crippen LogP contribution in [0.15, 0.2) is 85.1 Å². The maximum absolute atomic E-state index is 14.0. The third-order valence-electron chi connectivity index (χ3n) is 9.56. The average molecular weight is 834 g/mol. The largest absolute Gasteiger partial charge is 0.458 e. The third kappa shape index (κ3) is 17.0. The first-order valence-electron chi connectivity index (χ1n) is 20.4. The molecule has 0 bridgehead atoms. The van der Waals surface area contributed by atoms with Crippen molar-refractivity contribution in [1.82, 2.24) is 31.1 Å². The summed E-state index contributed by atoms with van der Waals surface area (Å²) in [6.07, 6.45) is 24.9. The summed E-state index contributed by atoms with van der Waals surface area (Å²) in [7, 11) is 1.32. The molecule has 2 aliphatic rings. The molecule has 0 aromatic heterocycles. The summed E-state index contributed by atoms with van der Waals surface area (Å²) in [5, 5.41) is 10.4. The SMILES string of the molecule is CC/C=C/C=C/C=C/C=C/C=C/C=C/C=C/C(=O)N(C)[C@@H]1C(=O)N[C@H](C)C(=O)N[C@@H](CC(C)C)C(=O)N2CCC[C@@H]2C(=O)N[C@@H](C)C(=O)N[C@@H](CCC(N)=O)C(=O)O[C@@H]1C. The van der Waals surface area contributed by atoms with Gasteiger partial charge in [0.05, 0.1) is 0 Å². The molecule has 0 aromatic rings. The molecule has 0 radical (unpaired) electrons. The molecule has 7 amide bonds. The van der Waals surface area contributed by atoms with Crippen LogP contribution in [0.1, 0.15) is 80.1 Å². The number of primary amides is 1. The maximum atomic E-state index is 14.0. The van der Waals surface area contributed by atoms with Crippen LogP contribution in [0.25, 0.3) is 0 Å². The van der Waals surface area contributed by atoms with E-state index in [4.69, 9.17) is 10.5 Å². The highest BCUT2D eigenvalue weighted by Crippen LogP contribution is 2.21. The summed E-state index contributed by atoms with van der Waals surface area (Å²) < 4.78 is 5.68. The van der Waals surface area contributed by atoms with Crippen LogP contribution in [-0.4, -0.2) is 113 Å². The highest BCUT2D eigenvalue weighted by molar-refractivity contribution is 5.98. The number of fused-ring (bicyclic) bond motifs is 1. The van der Waals surface area contributed by atoms with E-state index in [0.29, 0.717) is 12.8 Å². The lowest BCUT2D eigenvalue weighted by Gasteiger charge is -2.33. The highest BCUT2D eigenvalue weighted by atomic mass is 16.5. The number of nitrogens with zero attached hydrogens (tertiary/aromatic N) is 2. The molecule has 16 heteroatoms. The number of esters is 1. The number of ether oxygens (including phenoxy) is 1. The fourth-order valence-corrected chi connectivity index (χ4v) is 6.35. The monoisotopic (exact) mass is 833 g/mol. The highest BCUT2D eigenvalue weighted by Gasteiger charge is 2.41. The van der Waals surface area contributed by atoms with Crippen molar-refractivity contribution < 1.29 is 43.1 Å². The summed E-state index contributed by atoms with van der Waals surface area (Å²) in [4.78, 5) is 109. The van der Waals surface area contributed by atoms with E-state index < -0.39 is 89.7 Å². The molecule has 7 atom stereocenters. The van der Waals surface area contributed by atoms with Gasteiger partial charge in [-0.1, -0.05) is 99.8 Å². The molecule has 2 heterocycles. The zero-order chi connectivity index (χ0) is 44.8. The zero-order valence-electron chi connectivity index (χ0n) is 35.8. The molecule has 2 rings (SSSR count). The van der Waals surface area contributed by atoms with Crippen LogP contribution in [-0.2, 0) is 43.1 Å². The van der Waals surface area contributed by atoms with Crippen molar-refractivity contribution in [2.75, 3.05) is 13.6 Å². The molecule has 2 saturated heterocycles. The minimum absolute atomic E-state index is 0.0459. The van der Waals surface area contributed by atoms with Crippen LogP contribution in [0.2, 0.25) is 0 Å². The molecule has 0 spiro atoms. The first kappa shape index (κ1) is 50.1. The number of cyclic esters (lactones) is 1. The van der Waals surface area contributed by atoms with Crippen LogP contribution >= 0.6 is 0 Å². The van der Waals surface area contributed by atoms with E-state index in [1.165, 1.54) is 44.9 Å². The van der Waals surface area contributed by atoms with Gasteiger partial charge in [0.15, 0.2) is 0 Å². The molecule has 6 N–H and O–H groups in total. The Bertz CT molecular complexity index is 1750. The molecule has 0 aromatic carbocycles. The van der Waals surface area contributed by atoms with Gasteiger partial charge in [-0.25, -0.2) is 4.79 Å². The lowest BCUT2D eigenvalue weighted by Crippen LogP contribution is -2.59. The Morgan fingerprint density at radius 1 is 0.767 bits per heavy atom. The van der Waals surface area contributed by atoms with E-state index in [2.05, 4.69) is 34.3 Å². The Kier molecular flexibility index (Phi) is 21.8. The van der Waals surface area contributed by atoms with Crippen molar-refractivity contribution in [1.29, 1.82) is 0 Å². The van der Waals surface area contributed by atoms with Gasteiger partial charge in [0, 0.05) is 26.1 Å². The van der Waals surface area contributed by atoms with Gasteiger partial charge in [-0.15, -0.1) is 0 Å². The molecule has 16 nitrogen and oxygen atoms in total. The molecule has 328 valence electrons. The van der Waals surface area contributed by atoms with Crippen LogP contribution in [0.5, 0.6) is 0 Å². The summed E-state index contributed by atoms with van der Waals surface area (Å²) in [5.74, 6) is -5.95. The number of amides is 7. The number of hydrogen-bond acceptors (Lipinski definition) is 9. The lowest BCUT2D eigenvalue weighted by molar-refractivity contribution is -0.159. The van der Waals surface area contributed by atoms with E-state index in [9.17, 15) is 38.4 Å². The van der Waals surface area contributed by atoms with Gasteiger partial charge in [-0.05, 0) is 58.8 Å². The Morgan fingerprint density at radius 2 is 1.28 bits per heavy atom. The third-order valence-corrected chi connectivity index (χ3v) is 9.56. The molecule has 0 saturated carbocycles. The number of rotatable bonds is 14. The predicted octanol–water partition coefficient (Wildman–Crippen LogP) is 2.34. The summed E-state index contributed by atoms with van der Waals surface area (Å²) in [6.45, 7) is 10.2. The van der Waals surface area contributed by atoms with E-state index >= 15 is 0 Å². The first-order chi connectivity index (χ1) is 28.5. The van der Waals surface area contributed by atoms with Gasteiger partial charge in [0.1, 0.15) is 42.4 Å². The Morgan fingerprint density at radius 3 is 1.82 bits per heavy atom. The van der Waals surface area contributed by atoms with E-state index in [-0.39, 0.29) is 31.7 Å². The molecule has 2 aliphatic heterocycles. The van der Waals surface area contributed by atoms with Crippen molar-refractivity contribution in [2.45, 2.75) is 122 Å². The second-order valence-electron chi connectivity index (χ2n) is 15.1. The lowest BCUT2D eigenvalue weighted by atomic mass is 10.0. The normalized spacial score (nSPS) is 25.9. The number of likely N-dealkylation sites (N-methyl/N-ethyl adjacent to an activating group) is 1. The van der Waals surface area contributed by atoms with E-state index in [1.54, 1.807) is 24.3 Å². The van der Waals surface area contributed by atoms with Crippen molar-refractivity contribution in [3.05, 3.63) is 85.1 Å². The zero-order valence-corrected chi connectivity index (χ0v) is 35.8.